The Labute approximate surface area is 169 Å². The molecule has 1 aliphatic heterocycles. The molecule has 1 amide bonds. The number of carbonyl (C=O) groups excluding carboxylic acids is 2. The molecule has 0 aliphatic carbocycles. The minimum atomic E-state index is -0.435. The minimum Gasteiger partial charge on any atom is -0.465 e. The Hall–Kier alpha value is -3.36. The van der Waals surface area contributed by atoms with Crippen LogP contribution in [0.5, 0.6) is 0 Å². The number of rotatable bonds is 6. The molecule has 2 N–H and O–H groups in total. The number of carbonyl (C=O) groups is 2. The predicted molar refractivity (Wildman–Crippen MR) is 108 cm³/mol. The molecule has 2 heterocycles. The Bertz CT molecular complexity index is 852. The number of nitrogens with zero attached hydrogens (tertiary/aromatic N) is 3. The third-order valence-corrected chi connectivity index (χ3v) is 4.61. The molecule has 0 bridgehead atoms. The molecular formula is C20H25N5O4. The first kappa shape index (κ1) is 20.4. The molecule has 9 heteroatoms. The monoisotopic (exact) mass is 399 g/mol. The van der Waals surface area contributed by atoms with Crippen LogP contribution < -0.4 is 10.6 Å². The van der Waals surface area contributed by atoms with Crippen molar-refractivity contribution in [2.75, 3.05) is 37.4 Å². The maximum atomic E-state index is 11.9. The van der Waals surface area contributed by atoms with Crippen molar-refractivity contribution in [1.82, 2.24) is 14.9 Å². The number of anilines is 3. The van der Waals surface area contributed by atoms with Crippen LogP contribution in [0.3, 0.4) is 0 Å². The second kappa shape index (κ2) is 9.72. The summed E-state index contributed by atoms with van der Waals surface area (Å²) in [5.74, 6) is 0.610. The number of aromatic nitrogens is 2. The quantitative estimate of drug-likeness (QED) is 0.714. The van der Waals surface area contributed by atoms with Gasteiger partial charge in [0, 0.05) is 25.3 Å². The topological polar surface area (TPSA) is 106 Å². The summed E-state index contributed by atoms with van der Waals surface area (Å²) in [5.41, 5.74) is 0.975. The summed E-state index contributed by atoms with van der Waals surface area (Å²) in [4.78, 5) is 34.1. The number of hydrogen-bond donors (Lipinski definition) is 2. The van der Waals surface area contributed by atoms with Crippen molar-refractivity contribution in [2.45, 2.75) is 25.8 Å². The summed E-state index contributed by atoms with van der Waals surface area (Å²) >= 11 is 0. The van der Waals surface area contributed by atoms with Crippen LogP contribution in [-0.2, 0) is 9.47 Å². The van der Waals surface area contributed by atoms with Crippen LogP contribution in [0, 0.1) is 0 Å². The van der Waals surface area contributed by atoms with Gasteiger partial charge in [0.15, 0.2) is 0 Å². The van der Waals surface area contributed by atoms with Gasteiger partial charge in [-0.1, -0.05) is 12.1 Å². The van der Waals surface area contributed by atoms with Gasteiger partial charge in [-0.15, -0.1) is 0 Å². The van der Waals surface area contributed by atoms with Crippen molar-refractivity contribution >= 4 is 29.5 Å². The average molecular weight is 399 g/mol. The second-order valence-corrected chi connectivity index (χ2v) is 6.53. The number of amides is 1. The highest BCUT2D eigenvalue weighted by Gasteiger charge is 2.23. The molecule has 1 aromatic heterocycles. The van der Waals surface area contributed by atoms with Gasteiger partial charge in [0.1, 0.15) is 5.82 Å². The highest BCUT2D eigenvalue weighted by Crippen LogP contribution is 2.21. The average Bonchev–Trinajstić information content (AvgIpc) is 2.74. The van der Waals surface area contributed by atoms with Crippen LogP contribution in [-0.4, -0.2) is 59.8 Å². The second-order valence-electron chi connectivity index (χ2n) is 6.53. The molecule has 1 aromatic carbocycles. The summed E-state index contributed by atoms with van der Waals surface area (Å²) in [6.45, 7) is 3.46. The maximum Gasteiger partial charge on any atom is 0.409 e. The van der Waals surface area contributed by atoms with Gasteiger partial charge in [-0.05, 0) is 38.0 Å². The SMILES string of the molecule is CCOC(=O)N1CCC(Nc2ccnc(Nc3ccccc3C(=O)OC)n2)CC1. The molecule has 1 fully saturated rings. The van der Waals surface area contributed by atoms with E-state index in [9.17, 15) is 9.59 Å². The van der Waals surface area contributed by atoms with Gasteiger partial charge in [0.2, 0.25) is 5.95 Å². The number of para-hydroxylation sites is 1. The molecule has 1 aliphatic rings. The fraction of sp³-hybridized carbons (Fsp3) is 0.400. The lowest BCUT2D eigenvalue weighted by molar-refractivity contribution is 0.0601. The first-order valence-electron chi connectivity index (χ1n) is 9.56. The molecule has 0 radical (unpaired) electrons. The zero-order valence-electron chi connectivity index (χ0n) is 16.6. The number of benzene rings is 1. The van der Waals surface area contributed by atoms with Crippen molar-refractivity contribution in [2.24, 2.45) is 0 Å². The number of piperidine rings is 1. The van der Waals surface area contributed by atoms with Crippen molar-refractivity contribution < 1.29 is 19.1 Å². The standard InChI is InChI=1S/C20H25N5O4/c1-3-29-20(27)25-12-9-14(10-13-25)22-17-8-11-21-19(24-17)23-16-7-5-4-6-15(16)18(26)28-2/h4-8,11,14H,3,9-10,12-13H2,1-2H3,(H2,21,22,23,24). The lowest BCUT2D eigenvalue weighted by Crippen LogP contribution is -2.42. The van der Waals surface area contributed by atoms with E-state index in [1.165, 1.54) is 7.11 Å². The summed E-state index contributed by atoms with van der Waals surface area (Å²) in [5, 5.41) is 6.45. The van der Waals surface area contributed by atoms with Gasteiger partial charge in [-0.3, -0.25) is 0 Å². The predicted octanol–water partition coefficient (Wildman–Crippen LogP) is 3.04. The first-order valence-corrected chi connectivity index (χ1v) is 9.56. The lowest BCUT2D eigenvalue weighted by Gasteiger charge is -2.31. The van der Waals surface area contributed by atoms with E-state index >= 15 is 0 Å². The highest BCUT2D eigenvalue weighted by atomic mass is 16.6. The van der Waals surface area contributed by atoms with Gasteiger partial charge in [0.25, 0.3) is 0 Å². The Morgan fingerprint density at radius 3 is 2.69 bits per heavy atom. The van der Waals surface area contributed by atoms with Crippen LogP contribution in [0.1, 0.15) is 30.1 Å². The van der Waals surface area contributed by atoms with E-state index in [0.29, 0.717) is 42.7 Å². The summed E-state index contributed by atoms with van der Waals surface area (Å²) in [7, 11) is 1.34. The van der Waals surface area contributed by atoms with Crippen molar-refractivity contribution in [3.8, 4) is 0 Å². The summed E-state index contributed by atoms with van der Waals surface area (Å²) in [6, 6.07) is 9.00. The van der Waals surface area contributed by atoms with Crippen molar-refractivity contribution in [1.29, 1.82) is 0 Å². The number of hydrogen-bond acceptors (Lipinski definition) is 8. The fourth-order valence-corrected chi connectivity index (χ4v) is 3.13. The Morgan fingerprint density at radius 2 is 1.97 bits per heavy atom. The number of likely N-dealkylation sites (tertiary alicyclic amines) is 1. The van der Waals surface area contributed by atoms with Gasteiger partial charge in [0.05, 0.1) is 25.0 Å². The third-order valence-electron chi connectivity index (χ3n) is 4.61. The highest BCUT2D eigenvalue weighted by molar-refractivity contribution is 5.96. The van der Waals surface area contributed by atoms with Crippen LogP contribution in [0.15, 0.2) is 36.5 Å². The molecule has 2 aromatic rings. The zero-order chi connectivity index (χ0) is 20.6. The number of esters is 1. The molecule has 9 nitrogen and oxygen atoms in total. The minimum absolute atomic E-state index is 0.200. The van der Waals surface area contributed by atoms with E-state index in [4.69, 9.17) is 9.47 Å². The van der Waals surface area contributed by atoms with E-state index in [1.807, 2.05) is 6.07 Å². The molecule has 29 heavy (non-hydrogen) atoms. The number of nitrogens with one attached hydrogen (secondary N) is 2. The zero-order valence-corrected chi connectivity index (χ0v) is 16.6. The van der Waals surface area contributed by atoms with Crippen LogP contribution >= 0.6 is 0 Å². The molecule has 154 valence electrons. The van der Waals surface area contributed by atoms with Gasteiger partial charge >= 0.3 is 12.1 Å². The van der Waals surface area contributed by atoms with E-state index in [1.54, 1.807) is 42.3 Å². The molecule has 3 rings (SSSR count). The van der Waals surface area contributed by atoms with Crippen LogP contribution in [0.25, 0.3) is 0 Å². The van der Waals surface area contributed by atoms with Gasteiger partial charge < -0.3 is 25.0 Å². The molecule has 0 spiro atoms. The molecule has 0 saturated carbocycles. The Morgan fingerprint density at radius 1 is 1.21 bits per heavy atom. The Kier molecular flexibility index (Phi) is 6.83. The van der Waals surface area contributed by atoms with E-state index in [0.717, 1.165) is 12.8 Å². The maximum absolute atomic E-state index is 11.9. The first-order chi connectivity index (χ1) is 14.1. The summed E-state index contributed by atoms with van der Waals surface area (Å²) in [6.07, 6.45) is 2.99. The van der Waals surface area contributed by atoms with E-state index in [2.05, 4.69) is 20.6 Å². The van der Waals surface area contributed by atoms with Gasteiger partial charge in [-0.2, -0.15) is 4.98 Å². The summed E-state index contributed by atoms with van der Waals surface area (Å²) < 4.78 is 9.86. The van der Waals surface area contributed by atoms with Crippen molar-refractivity contribution in [3.63, 3.8) is 0 Å². The van der Waals surface area contributed by atoms with Gasteiger partial charge in [-0.25, -0.2) is 14.6 Å². The number of ether oxygens (including phenoxy) is 2. The van der Waals surface area contributed by atoms with E-state index in [-0.39, 0.29) is 12.1 Å². The normalized spacial score (nSPS) is 14.2. The van der Waals surface area contributed by atoms with E-state index < -0.39 is 5.97 Å². The molecular weight excluding hydrogens is 374 g/mol. The largest absolute Gasteiger partial charge is 0.465 e. The van der Waals surface area contributed by atoms with Crippen LogP contribution in [0.2, 0.25) is 0 Å². The number of methoxy groups -OCH3 is 1. The third kappa shape index (κ3) is 5.34. The lowest BCUT2D eigenvalue weighted by atomic mass is 10.1. The molecule has 0 atom stereocenters. The molecule has 1 saturated heterocycles. The molecule has 0 unspecified atom stereocenters. The van der Waals surface area contributed by atoms with Crippen LogP contribution in [0.4, 0.5) is 22.2 Å². The Balaban J connectivity index is 1.61. The fourth-order valence-electron chi connectivity index (χ4n) is 3.13. The smallest absolute Gasteiger partial charge is 0.409 e. The van der Waals surface area contributed by atoms with Crippen molar-refractivity contribution in [3.05, 3.63) is 42.1 Å².